The van der Waals surface area contributed by atoms with E-state index in [4.69, 9.17) is 9.72 Å². The molecule has 1 N–H and O–H groups in total. The lowest BCUT2D eigenvalue weighted by Crippen LogP contribution is -2.62. The summed E-state index contributed by atoms with van der Waals surface area (Å²) in [5.74, 6) is -0.174. The molecule has 0 aliphatic carbocycles. The number of piperazine rings is 1. The van der Waals surface area contributed by atoms with E-state index in [0.717, 1.165) is 47.6 Å². The van der Waals surface area contributed by atoms with Crippen LogP contribution < -0.4 is 10.2 Å². The highest BCUT2D eigenvalue weighted by Crippen LogP contribution is 2.40. The van der Waals surface area contributed by atoms with Gasteiger partial charge in [0, 0.05) is 74.1 Å². The lowest BCUT2D eigenvalue weighted by molar-refractivity contribution is -0.150. The fourth-order valence-corrected chi connectivity index (χ4v) is 6.19. The highest BCUT2D eigenvalue weighted by Gasteiger charge is 2.40. The fraction of sp³-hybridized carbons (Fsp3) is 0.581. The molecule has 0 saturated carbocycles. The second kappa shape index (κ2) is 11.5. The Bertz CT molecular complexity index is 1270. The van der Waals surface area contributed by atoms with E-state index in [1.165, 1.54) is 6.07 Å². The molecule has 2 fully saturated rings. The normalized spacial score (nSPS) is 24.9. The Morgan fingerprint density at radius 1 is 1.25 bits per heavy atom. The third-order valence-electron chi connectivity index (χ3n) is 8.66. The average Bonchev–Trinajstić information content (AvgIpc) is 3.18. The molecule has 5 rings (SSSR count). The van der Waals surface area contributed by atoms with Crippen LogP contribution in [0.1, 0.15) is 56.5 Å². The average molecular weight is 552 g/mol. The summed E-state index contributed by atoms with van der Waals surface area (Å²) in [5, 5.41) is 3.53. The number of morpholine rings is 1. The van der Waals surface area contributed by atoms with Crippen molar-refractivity contribution >= 4 is 17.5 Å². The Hall–Kier alpha value is -2.88. The molecule has 4 heterocycles. The zero-order chi connectivity index (χ0) is 28.6. The zero-order valence-corrected chi connectivity index (χ0v) is 24.4. The van der Waals surface area contributed by atoms with Crippen LogP contribution in [0.25, 0.3) is 0 Å². The van der Waals surface area contributed by atoms with Crippen LogP contribution in [0.3, 0.4) is 0 Å². The van der Waals surface area contributed by atoms with Gasteiger partial charge in [-0.2, -0.15) is 0 Å². The maximum absolute atomic E-state index is 13.9. The van der Waals surface area contributed by atoms with Crippen LogP contribution in [0.2, 0.25) is 0 Å². The number of hydrogen-bond acceptors (Lipinski definition) is 6. The number of pyridine rings is 1. The fourth-order valence-electron chi connectivity index (χ4n) is 6.19. The summed E-state index contributed by atoms with van der Waals surface area (Å²) >= 11 is 0. The van der Waals surface area contributed by atoms with Crippen molar-refractivity contribution in [3.63, 3.8) is 0 Å². The van der Waals surface area contributed by atoms with Gasteiger partial charge in [-0.05, 0) is 49.6 Å². The topological polar surface area (TPSA) is 78.0 Å². The summed E-state index contributed by atoms with van der Waals surface area (Å²) in [5.41, 5.74) is 4.52. The van der Waals surface area contributed by atoms with Crippen LogP contribution in [0.4, 0.5) is 10.1 Å². The van der Waals surface area contributed by atoms with Gasteiger partial charge >= 0.3 is 0 Å². The van der Waals surface area contributed by atoms with Gasteiger partial charge in [0.15, 0.2) is 0 Å². The number of ether oxygens (including phenoxy) is 1. The lowest BCUT2D eigenvalue weighted by Gasteiger charge is -2.43. The van der Waals surface area contributed by atoms with Gasteiger partial charge in [0.2, 0.25) is 11.8 Å². The Balaban J connectivity index is 1.33. The van der Waals surface area contributed by atoms with Gasteiger partial charge in [-0.15, -0.1) is 0 Å². The number of carbonyl (C=O) groups is 2. The number of amides is 2. The predicted molar refractivity (Wildman–Crippen MR) is 153 cm³/mol. The number of fused-ring (bicyclic) bond motifs is 1. The maximum Gasteiger partial charge on any atom is 0.248 e. The summed E-state index contributed by atoms with van der Waals surface area (Å²) in [6.07, 6.45) is 3.41. The van der Waals surface area contributed by atoms with Crippen molar-refractivity contribution in [3.8, 4) is 0 Å². The molecule has 2 amide bonds. The van der Waals surface area contributed by atoms with Gasteiger partial charge in [-0.1, -0.05) is 26.8 Å². The zero-order valence-electron chi connectivity index (χ0n) is 24.4. The lowest BCUT2D eigenvalue weighted by atomic mass is 9.88. The molecule has 1 aromatic carbocycles. The van der Waals surface area contributed by atoms with Crippen molar-refractivity contribution in [1.82, 2.24) is 20.1 Å². The SMILES string of the molecule is CCC1CN(C[C@H]2CN[C@H](C)CN2CC(=O)N2CC(C)(C)c3cnc(Cc4ccc(F)cc4C)cc32)C(=O)CO1. The van der Waals surface area contributed by atoms with Crippen molar-refractivity contribution in [2.45, 2.75) is 71.1 Å². The van der Waals surface area contributed by atoms with Crippen molar-refractivity contribution in [1.29, 1.82) is 0 Å². The number of aryl methyl sites for hydroxylation is 1. The maximum atomic E-state index is 13.9. The van der Waals surface area contributed by atoms with Crippen molar-refractivity contribution < 1.29 is 18.7 Å². The molecule has 3 aliphatic rings. The van der Waals surface area contributed by atoms with E-state index < -0.39 is 0 Å². The molecule has 1 unspecified atom stereocenters. The number of nitrogens with one attached hydrogen (secondary N) is 1. The summed E-state index contributed by atoms with van der Waals surface area (Å²) in [4.78, 5) is 37.3. The number of anilines is 1. The molecule has 0 radical (unpaired) electrons. The van der Waals surface area contributed by atoms with E-state index in [9.17, 15) is 14.0 Å². The quantitative estimate of drug-likeness (QED) is 0.570. The minimum absolute atomic E-state index is 0.0150. The molecule has 9 heteroatoms. The number of nitrogens with zero attached hydrogens (tertiary/aromatic N) is 4. The molecule has 40 heavy (non-hydrogen) atoms. The largest absolute Gasteiger partial charge is 0.367 e. The molecule has 2 aromatic rings. The van der Waals surface area contributed by atoms with E-state index >= 15 is 0 Å². The third-order valence-corrected chi connectivity index (χ3v) is 8.66. The highest BCUT2D eigenvalue weighted by atomic mass is 19.1. The van der Waals surface area contributed by atoms with Gasteiger partial charge in [0.1, 0.15) is 12.4 Å². The van der Waals surface area contributed by atoms with Gasteiger partial charge in [-0.3, -0.25) is 19.5 Å². The minimum Gasteiger partial charge on any atom is -0.367 e. The molecule has 0 spiro atoms. The molecular formula is C31H42FN5O3. The summed E-state index contributed by atoms with van der Waals surface area (Å²) in [7, 11) is 0. The monoisotopic (exact) mass is 551 g/mol. The number of benzene rings is 1. The van der Waals surface area contributed by atoms with Gasteiger partial charge in [0.25, 0.3) is 0 Å². The summed E-state index contributed by atoms with van der Waals surface area (Å²) in [6.45, 7) is 14.1. The number of hydrogen-bond donors (Lipinski definition) is 1. The number of rotatable bonds is 7. The summed E-state index contributed by atoms with van der Waals surface area (Å²) < 4.78 is 19.3. The van der Waals surface area contributed by atoms with Crippen molar-refractivity contribution in [2.24, 2.45) is 0 Å². The molecular weight excluding hydrogens is 509 g/mol. The van der Waals surface area contributed by atoms with Crippen LogP contribution in [0.5, 0.6) is 0 Å². The second-order valence-corrected chi connectivity index (χ2v) is 12.3. The third kappa shape index (κ3) is 6.06. The number of carbonyl (C=O) groups excluding carboxylic acids is 2. The first-order valence-corrected chi connectivity index (χ1v) is 14.5. The molecule has 2 saturated heterocycles. The van der Waals surface area contributed by atoms with Gasteiger partial charge in [-0.25, -0.2) is 4.39 Å². The smallest absolute Gasteiger partial charge is 0.248 e. The first-order chi connectivity index (χ1) is 19.0. The van der Waals surface area contributed by atoms with Crippen molar-refractivity contribution in [2.75, 3.05) is 50.8 Å². The molecule has 0 bridgehead atoms. The van der Waals surface area contributed by atoms with Crippen molar-refractivity contribution in [3.05, 3.63) is 58.7 Å². The molecule has 216 valence electrons. The van der Waals surface area contributed by atoms with Gasteiger partial charge in [0.05, 0.1) is 18.3 Å². The van der Waals surface area contributed by atoms with Crippen LogP contribution >= 0.6 is 0 Å². The molecule has 3 aliphatic heterocycles. The summed E-state index contributed by atoms with van der Waals surface area (Å²) in [6, 6.07) is 7.15. The van der Waals surface area contributed by atoms with E-state index in [2.05, 4.69) is 37.9 Å². The number of aromatic nitrogens is 1. The Morgan fingerprint density at radius 2 is 2.05 bits per heavy atom. The first kappa shape index (κ1) is 28.6. The Morgan fingerprint density at radius 3 is 2.80 bits per heavy atom. The first-order valence-electron chi connectivity index (χ1n) is 14.5. The number of halogens is 1. The second-order valence-electron chi connectivity index (χ2n) is 12.3. The van der Waals surface area contributed by atoms with Crippen LogP contribution in [-0.2, 0) is 26.2 Å². The van der Waals surface area contributed by atoms with E-state index in [-0.39, 0.29) is 54.4 Å². The Labute approximate surface area is 236 Å². The minimum atomic E-state index is -0.245. The standard InChI is InChI=1S/C31H42FN5O3/c1-6-26-16-36(30(39)18-40-26)15-25-12-33-21(3)14-35(25)17-29(38)37-19-31(4,5)27-13-34-24(11-28(27)37)10-22-7-8-23(32)9-20(22)2/h7-9,11,13,21,25-26,33H,6,10,12,14-19H2,1-5H3/t21-,25-,26?/m1/s1. The van der Waals surface area contributed by atoms with E-state index in [1.54, 1.807) is 12.1 Å². The molecule has 8 nitrogen and oxygen atoms in total. The highest BCUT2D eigenvalue weighted by molar-refractivity contribution is 5.97. The predicted octanol–water partition coefficient (Wildman–Crippen LogP) is 3.04. The van der Waals surface area contributed by atoms with Crippen LogP contribution in [0.15, 0.2) is 30.5 Å². The molecule has 1 aromatic heterocycles. The van der Waals surface area contributed by atoms with E-state index in [0.29, 0.717) is 26.1 Å². The Kier molecular flexibility index (Phi) is 8.27. The van der Waals surface area contributed by atoms with E-state index in [1.807, 2.05) is 29.0 Å². The van der Waals surface area contributed by atoms with Crippen LogP contribution in [-0.4, -0.2) is 90.7 Å². The van der Waals surface area contributed by atoms with Gasteiger partial charge < -0.3 is 19.9 Å². The molecule has 3 atom stereocenters. The van der Waals surface area contributed by atoms with Crippen LogP contribution in [0, 0.1) is 12.7 Å².